The molecule has 4 rings (SSSR count). The number of oxazole rings is 1. The molecule has 2 aliphatic rings. The Morgan fingerprint density at radius 2 is 1.91 bits per heavy atom. The van der Waals surface area contributed by atoms with Crippen LogP contribution in [0.5, 0.6) is 0 Å². The zero-order valence-corrected chi connectivity index (χ0v) is 20.6. The molecule has 2 amide bonds. The van der Waals surface area contributed by atoms with Gasteiger partial charge in [-0.3, -0.25) is 9.59 Å². The summed E-state index contributed by atoms with van der Waals surface area (Å²) in [4.78, 5) is 45.1. The molecule has 1 saturated heterocycles. The van der Waals surface area contributed by atoms with Gasteiger partial charge in [-0.2, -0.15) is 0 Å². The molecule has 190 valence electrons. The SMILES string of the molecule is CC[C@H](NC(=O)O[C@@H](CC1CCCCC1)C(=O)N1CCOCC1)C(=O)c1nc2ccc(C)cc2o1. The van der Waals surface area contributed by atoms with Crippen LogP contribution < -0.4 is 5.32 Å². The topological polar surface area (TPSA) is 111 Å². The number of ketones is 1. The summed E-state index contributed by atoms with van der Waals surface area (Å²) in [6.45, 7) is 5.64. The molecule has 1 aliphatic carbocycles. The first-order valence-electron chi connectivity index (χ1n) is 12.7. The van der Waals surface area contributed by atoms with Crippen molar-refractivity contribution < 1.29 is 28.3 Å². The quantitative estimate of drug-likeness (QED) is 0.562. The molecule has 0 bridgehead atoms. The summed E-state index contributed by atoms with van der Waals surface area (Å²) in [6.07, 6.45) is 4.70. The van der Waals surface area contributed by atoms with E-state index in [2.05, 4.69) is 10.3 Å². The molecule has 9 nitrogen and oxygen atoms in total. The average Bonchev–Trinajstić information content (AvgIpc) is 3.30. The second-order valence-corrected chi connectivity index (χ2v) is 9.53. The summed E-state index contributed by atoms with van der Waals surface area (Å²) in [5.41, 5.74) is 2.10. The highest BCUT2D eigenvalue weighted by molar-refractivity contribution is 5.99. The molecule has 0 radical (unpaired) electrons. The van der Waals surface area contributed by atoms with Crippen LogP contribution >= 0.6 is 0 Å². The molecule has 1 saturated carbocycles. The molecule has 1 aromatic carbocycles. The van der Waals surface area contributed by atoms with Crippen molar-refractivity contribution in [2.24, 2.45) is 5.92 Å². The lowest BCUT2D eigenvalue weighted by molar-refractivity contribution is -0.145. The number of aromatic nitrogens is 1. The minimum Gasteiger partial charge on any atom is -0.436 e. The highest BCUT2D eigenvalue weighted by atomic mass is 16.6. The van der Waals surface area contributed by atoms with E-state index in [-0.39, 0.29) is 11.8 Å². The van der Waals surface area contributed by atoms with Gasteiger partial charge in [0, 0.05) is 13.1 Å². The van der Waals surface area contributed by atoms with Gasteiger partial charge in [0.2, 0.25) is 5.78 Å². The standard InChI is InChI=1S/C26H35N3O6/c1-3-19(23(30)24-27-20-10-9-17(2)15-21(20)34-24)28-26(32)35-22(16-18-7-5-4-6-8-18)25(31)29-11-13-33-14-12-29/h9-10,15,18-19,22H,3-8,11-14,16H2,1-2H3,(H,28,32)/t19-,22-/m0/s1. The van der Waals surface area contributed by atoms with Gasteiger partial charge in [0.05, 0.1) is 13.2 Å². The third kappa shape index (κ3) is 6.39. The van der Waals surface area contributed by atoms with Gasteiger partial charge in [0.25, 0.3) is 11.8 Å². The summed E-state index contributed by atoms with van der Waals surface area (Å²) < 4.78 is 16.7. The van der Waals surface area contributed by atoms with E-state index in [0.717, 1.165) is 31.2 Å². The number of Topliss-reactive ketones (excluding diaryl/α,β-unsaturated/α-hetero) is 1. The molecular weight excluding hydrogens is 450 g/mol. The molecule has 2 heterocycles. The summed E-state index contributed by atoms with van der Waals surface area (Å²) in [6, 6.07) is 4.63. The van der Waals surface area contributed by atoms with Crippen molar-refractivity contribution in [2.75, 3.05) is 26.3 Å². The van der Waals surface area contributed by atoms with Crippen LogP contribution in [-0.2, 0) is 14.3 Å². The van der Waals surface area contributed by atoms with Crippen LogP contribution in [0.15, 0.2) is 22.6 Å². The van der Waals surface area contributed by atoms with E-state index in [1.807, 2.05) is 19.1 Å². The van der Waals surface area contributed by atoms with Crippen molar-refractivity contribution in [3.05, 3.63) is 29.7 Å². The number of nitrogens with one attached hydrogen (secondary N) is 1. The largest absolute Gasteiger partial charge is 0.436 e. The first-order valence-corrected chi connectivity index (χ1v) is 12.7. The van der Waals surface area contributed by atoms with Gasteiger partial charge in [-0.25, -0.2) is 9.78 Å². The number of alkyl carbamates (subject to hydrolysis) is 1. The number of hydrogen-bond donors (Lipinski definition) is 1. The van der Waals surface area contributed by atoms with Gasteiger partial charge < -0.3 is 24.1 Å². The number of morpholine rings is 1. The summed E-state index contributed by atoms with van der Waals surface area (Å²) in [7, 11) is 0. The Bertz CT molecular complexity index is 1040. The van der Waals surface area contributed by atoms with E-state index in [4.69, 9.17) is 13.9 Å². The van der Waals surface area contributed by atoms with E-state index in [1.54, 1.807) is 17.9 Å². The Morgan fingerprint density at radius 1 is 1.17 bits per heavy atom. The number of rotatable bonds is 8. The van der Waals surface area contributed by atoms with Crippen molar-refractivity contribution in [3.63, 3.8) is 0 Å². The van der Waals surface area contributed by atoms with Gasteiger partial charge >= 0.3 is 6.09 Å². The predicted octanol–water partition coefficient (Wildman–Crippen LogP) is 4.02. The van der Waals surface area contributed by atoms with E-state index in [1.165, 1.54) is 6.42 Å². The normalized spacial score (nSPS) is 18.7. The van der Waals surface area contributed by atoms with Crippen LogP contribution in [-0.4, -0.2) is 66.1 Å². The first-order chi connectivity index (χ1) is 16.9. The number of ether oxygens (including phenoxy) is 2. The van der Waals surface area contributed by atoms with E-state index < -0.39 is 24.0 Å². The monoisotopic (exact) mass is 485 g/mol. The number of nitrogens with zero attached hydrogens (tertiary/aromatic N) is 2. The lowest BCUT2D eigenvalue weighted by atomic mass is 9.85. The number of carbonyl (C=O) groups is 3. The number of fused-ring (bicyclic) bond motifs is 1. The number of hydrogen-bond acceptors (Lipinski definition) is 7. The predicted molar refractivity (Wildman–Crippen MR) is 129 cm³/mol. The summed E-state index contributed by atoms with van der Waals surface area (Å²) >= 11 is 0. The molecule has 0 unspecified atom stereocenters. The van der Waals surface area contributed by atoms with Gasteiger partial charge in [-0.05, 0) is 43.4 Å². The maximum absolute atomic E-state index is 13.2. The van der Waals surface area contributed by atoms with Gasteiger partial charge in [-0.15, -0.1) is 0 Å². The maximum atomic E-state index is 13.2. The van der Waals surface area contributed by atoms with E-state index in [0.29, 0.717) is 56.2 Å². The number of amides is 2. The van der Waals surface area contributed by atoms with Crippen LogP contribution in [0.25, 0.3) is 11.1 Å². The Labute approximate surface area is 205 Å². The fourth-order valence-electron chi connectivity index (χ4n) is 4.86. The molecule has 9 heteroatoms. The molecule has 1 aromatic heterocycles. The first kappa shape index (κ1) is 25.2. The summed E-state index contributed by atoms with van der Waals surface area (Å²) in [5, 5.41) is 2.64. The molecule has 35 heavy (non-hydrogen) atoms. The van der Waals surface area contributed by atoms with Crippen molar-refractivity contribution >= 4 is 28.9 Å². The van der Waals surface area contributed by atoms with E-state index >= 15 is 0 Å². The fourth-order valence-corrected chi connectivity index (χ4v) is 4.86. The number of benzene rings is 1. The van der Waals surface area contributed by atoms with Crippen LogP contribution in [0.2, 0.25) is 0 Å². The molecule has 2 atom stereocenters. The molecule has 2 aromatic rings. The van der Waals surface area contributed by atoms with Crippen molar-refractivity contribution in [3.8, 4) is 0 Å². The van der Waals surface area contributed by atoms with Gasteiger partial charge in [-0.1, -0.05) is 45.1 Å². The van der Waals surface area contributed by atoms with E-state index in [9.17, 15) is 14.4 Å². The van der Waals surface area contributed by atoms with Crippen molar-refractivity contribution in [2.45, 2.75) is 70.9 Å². The number of aryl methyl sites for hydroxylation is 1. The second-order valence-electron chi connectivity index (χ2n) is 9.53. The lowest BCUT2D eigenvalue weighted by Crippen LogP contribution is -2.49. The van der Waals surface area contributed by atoms with Gasteiger partial charge in [0.1, 0.15) is 11.6 Å². The van der Waals surface area contributed by atoms with Crippen LogP contribution in [0, 0.1) is 12.8 Å². The highest BCUT2D eigenvalue weighted by Crippen LogP contribution is 2.29. The Morgan fingerprint density at radius 3 is 2.63 bits per heavy atom. The minimum absolute atomic E-state index is 0.0547. The second kappa shape index (κ2) is 11.7. The maximum Gasteiger partial charge on any atom is 0.408 e. The number of carbonyl (C=O) groups excluding carboxylic acids is 3. The molecule has 1 N–H and O–H groups in total. The lowest BCUT2D eigenvalue weighted by Gasteiger charge is -2.32. The Hall–Kier alpha value is -2.94. The zero-order valence-electron chi connectivity index (χ0n) is 20.6. The molecule has 2 fully saturated rings. The van der Waals surface area contributed by atoms with Gasteiger partial charge in [0.15, 0.2) is 11.7 Å². The van der Waals surface area contributed by atoms with Crippen molar-refractivity contribution in [1.82, 2.24) is 15.2 Å². The minimum atomic E-state index is -0.879. The smallest absolute Gasteiger partial charge is 0.408 e. The zero-order chi connectivity index (χ0) is 24.8. The van der Waals surface area contributed by atoms with Crippen LogP contribution in [0.3, 0.4) is 0 Å². The third-order valence-electron chi connectivity index (χ3n) is 6.89. The Balaban J connectivity index is 1.42. The van der Waals surface area contributed by atoms with Crippen LogP contribution in [0.1, 0.15) is 68.1 Å². The molecule has 0 spiro atoms. The fraction of sp³-hybridized carbons (Fsp3) is 0.615. The average molecular weight is 486 g/mol. The molecular formula is C26H35N3O6. The third-order valence-corrected chi connectivity index (χ3v) is 6.89. The van der Waals surface area contributed by atoms with Crippen molar-refractivity contribution in [1.29, 1.82) is 0 Å². The summed E-state index contributed by atoms with van der Waals surface area (Å²) in [5.74, 6) is -0.330. The molecule has 1 aliphatic heterocycles. The highest BCUT2D eigenvalue weighted by Gasteiger charge is 2.33. The van der Waals surface area contributed by atoms with Crippen LogP contribution in [0.4, 0.5) is 4.79 Å². The Kier molecular flexibility index (Phi) is 8.38.